The van der Waals surface area contributed by atoms with Crippen molar-refractivity contribution < 1.29 is 28.9 Å². The standard InChI is InChI=1S/C25H28FIN2O5/c1-2-23(31)29(15-16-7-3-4-8-18(16)26)20-13-17(25(33)28-11-12-30)14-22(24(20)32)34-21-10-6-5-9-19(21)27/h3-10,14,20,22,24,30,32H,2,11-13,15H2,1H3,(H,28,33)/t20-,22+,24+/m1/s1. The van der Waals surface area contributed by atoms with Crippen molar-refractivity contribution in [1.29, 1.82) is 0 Å². The molecule has 3 N–H and O–H groups in total. The molecule has 7 nitrogen and oxygen atoms in total. The van der Waals surface area contributed by atoms with Crippen molar-refractivity contribution >= 4 is 34.4 Å². The van der Waals surface area contributed by atoms with Crippen molar-refractivity contribution in [3.8, 4) is 5.75 Å². The lowest BCUT2D eigenvalue weighted by molar-refractivity contribution is -0.139. The molecule has 2 amide bonds. The molecule has 0 aliphatic heterocycles. The highest BCUT2D eigenvalue weighted by atomic mass is 127. The summed E-state index contributed by atoms with van der Waals surface area (Å²) in [6.45, 7) is 1.48. The zero-order chi connectivity index (χ0) is 24.7. The Morgan fingerprint density at radius 2 is 1.91 bits per heavy atom. The Balaban J connectivity index is 1.97. The number of para-hydroxylation sites is 1. The Hall–Kier alpha value is -2.50. The molecule has 3 rings (SSSR count). The molecule has 0 bridgehead atoms. The van der Waals surface area contributed by atoms with Gasteiger partial charge in [-0.15, -0.1) is 0 Å². The molecule has 3 atom stereocenters. The van der Waals surface area contributed by atoms with E-state index in [1.54, 1.807) is 43.3 Å². The quantitative estimate of drug-likeness (QED) is 0.396. The lowest BCUT2D eigenvalue weighted by Crippen LogP contribution is -2.54. The van der Waals surface area contributed by atoms with Gasteiger partial charge < -0.3 is 25.2 Å². The summed E-state index contributed by atoms with van der Waals surface area (Å²) >= 11 is 2.11. The number of carbonyl (C=O) groups is 2. The molecular weight excluding hydrogens is 554 g/mol. The van der Waals surface area contributed by atoms with Crippen LogP contribution >= 0.6 is 22.6 Å². The highest BCUT2D eigenvalue weighted by Gasteiger charge is 2.40. The summed E-state index contributed by atoms with van der Waals surface area (Å²) in [7, 11) is 0. The normalized spacial score (nSPS) is 19.8. The van der Waals surface area contributed by atoms with Crippen molar-refractivity contribution in [3.05, 3.63) is 75.1 Å². The van der Waals surface area contributed by atoms with E-state index in [4.69, 9.17) is 9.84 Å². The van der Waals surface area contributed by atoms with E-state index in [0.29, 0.717) is 16.9 Å². The lowest BCUT2D eigenvalue weighted by Gasteiger charge is -2.40. The first-order chi connectivity index (χ1) is 16.3. The molecule has 0 heterocycles. The Morgan fingerprint density at radius 3 is 2.59 bits per heavy atom. The van der Waals surface area contributed by atoms with Crippen LogP contribution in [-0.4, -0.2) is 58.3 Å². The second kappa shape index (κ2) is 12.3. The molecule has 0 unspecified atom stereocenters. The summed E-state index contributed by atoms with van der Waals surface area (Å²) < 4.78 is 21.3. The molecular formula is C25H28FIN2O5. The lowest BCUT2D eigenvalue weighted by atomic mass is 9.87. The number of aliphatic hydroxyl groups is 2. The van der Waals surface area contributed by atoms with Gasteiger partial charge in [-0.1, -0.05) is 37.3 Å². The highest BCUT2D eigenvalue weighted by molar-refractivity contribution is 14.1. The maximum Gasteiger partial charge on any atom is 0.247 e. The van der Waals surface area contributed by atoms with Gasteiger partial charge in [-0.05, 0) is 46.9 Å². The van der Waals surface area contributed by atoms with Crippen LogP contribution in [0.2, 0.25) is 0 Å². The van der Waals surface area contributed by atoms with Gasteiger partial charge in [0.05, 0.1) is 16.2 Å². The summed E-state index contributed by atoms with van der Waals surface area (Å²) in [6.07, 6.45) is -0.320. The average Bonchev–Trinajstić information content (AvgIpc) is 2.84. The van der Waals surface area contributed by atoms with E-state index in [1.807, 2.05) is 12.1 Å². The van der Waals surface area contributed by atoms with Gasteiger partial charge in [-0.2, -0.15) is 0 Å². The first kappa shape index (κ1) is 26.1. The van der Waals surface area contributed by atoms with Crippen molar-refractivity contribution in [1.82, 2.24) is 10.2 Å². The number of aliphatic hydroxyl groups excluding tert-OH is 2. The summed E-state index contributed by atoms with van der Waals surface area (Å²) in [6, 6.07) is 12.6. The Kier molecular flexibility index (Phi) is 9.43. The maximum absolute atomic E-state index is 14.4. The number of benzene rings is 2. The third-order valence-corrected chi connectivity index (χ3v) is 6.53. The fourth-order valence-electron chi connectivity index (χ4n) is 3.87. The van der Waals surface area contributed by atoms with E-state index in [0.717, 1.165) is 3.57 Å². The van der Waals surface area contributed by atoms with Crippen LogP contribution < -0.4 is 10.1 Å². The van der Waals surface area contributed by atoms with Gasteiger partial charge in [0.15, 0.2) is 0 Å². The minimum absolute atomic E-state index is 0.0534. The van der Waals surface area contributed by atoms with Gasteiger partial charge in [-0.3, -0.25) is 9.59 Å². The van der Waals surface area contributed by atoms with Crippen LogP contribution in [0.3, 0.4) is 0 Å². The number of amides is 2. The van der Waals surface area contributed by atoms with Gasteiger partial charge in [0.2, 0.25) is 11.8 Å². The number of halogens is 2. The predicted octanol–water partition coefficient (Wildman–Crippen LogP) is 2.78. The van der Waals surface area contributed by atoms with Crippen molar-refractivity contribution in [2.75, 3.05) is 13.2 Å². The van der Waals surface area contributed by atoms with Crippen molar-refractivity contribution in [3.63, 3.8) is 0 Å². The minimum atomic E-state index is -1.16. The summed E-state index contributed by atoms with van der Waals surface area (Å²) in [4.78, 5) is 27.1. The zero-order valence-corrected chi connectivity index (χ0v) is 20.9. The number of nitrogens with zero attached hydrogens (tertiary/aromatic N) is 1. The van der Waals surface area contributed by atoms with Gasteiger partial charge >= 0.3 is 0 Å². The van der Waals surface area contributed by atoms with E-state index < -0.39 is 30.0 Å². The third-order valence-electron chi connectivity index (χ3n) is 5.64. The van der Waals surface area contributed by atoms with Crippen LogP contribution in [0.25, 0.3) is 0 Å². The smallest absolute Gasteiger partial charge is 0.247 e. The fraction of sp³-hybridized carbons (Fsp3) is 0.360. The monoisotopic (exact) mass is 582 g/mol. The first-order valence-electron chi connectivity index (χ1n) is 11.1. The Labute approximate surface area is 211 Å². The Morgan fingerprint density at radius 1 is 1.21 bits per heavy atom. The Bertz CT molecular complexity index is 1050. The number of rotatable bonds is 9. The van der Waals surface area contributed by atoms with E-state index in [9.17, 15) is 19.1 Å². The van der Waals surface area contributed by atoms with Gasteiger partial charge in [0.25, 0.3) is 0 Å². The van der Waals surface area contributed by atoms with E-state index in [2.05, 4.69) is 27.9 Å². The van der Waals surface area contributed by atoms with Gasteiger partial charge in [-0.25, -0.2) is 4.39 Å². The topological polar surface area (TPSA) is 99.1 Å². The molecule has 2 aromatic rings. The second-order valence-corrected chi connectivity index (χ2v) is 9.08. The van der Waals surface area contributed by atoms with Gasteiger partial charge in [0, 0.05) is 37.1 Å². The molecule has 9 heteroatoms. The molecule has 0 spiro atoms. The molecule has 1 aliphatic rings. The summed E-state index contributed by atoms with van der Waals surface area (Å²) in [5, 5.41) is 23.0. The molecule has 1 aliphatic carbocycles. The van der Waals surface area contributed by atoms with E-state index >= 15 is 0 Å². The van der Waals surface area contributed by atoms with Crippen LogP contribution in [-0.2, 0) is 16.1 Å². The number of hydrogen-bond donors (Lipinski definition) is 3. The average molecular weight is 582 g/mol. The minimum Gasteiger partial charge on any atom is -0.482 e. The summed E-state index contributed by atoms with van der Waals surface area (Å²) in [5.41, 5.74) is 0.634. The third kappa shape index (κ3) is 6.34. The number of ether oxygens (including phenoxy) is 1. The van der Waals surface area contributed by atoms with E-state index in [-0.39, 0.29) is 38.4 Å². The predicted molar refractivity (Wildman–Crippen MR) is 133 cm³/mol. The fourth-order valence-corrected chi connectivity index (χ4v) is 4.38. The van der Waals surface area contributed by atoms with Crippen LogP contribution in [0.15, 0.2) is 60.2 Å². The van der Waals surface area contributed by atoms with Crippen molar-refractivity contribution in [2.24, 2.45) is 0 Å². The summed E-state index contributed by atoms with van der Waals surface area (Å²) in [5.74, 6) is -0.624. The second-order valence-electron chi connectivity index (χ2n) is 7.91. The number of hydrogen-bond acceptors (Lipinski definition) is 5. The van der Waals surface area contributed by atoms with Gasteiger partial charge in [0.1, 0.15) is 23.8 Å². The molecule has 0 saturated carbocycles. The largest absolute Gasteiger partial charge is 0.482 e. The molecule has 34 heavy (non-hydrogen) atoms. The molecule has 182 valence electrons. The number of nitrogens with one attached hydrogen (secondary N) is 1. The van der Waals surface area contributed by atoms with Crippen molar-refractivity contribution in [2.45, 2.75) is 44.6 Å². The molecule has 0 aromatic heterocycles. The highest BCUT2D eigenvalue weighted by Crippen LogP contribution is 2.30. The van der Waals surface area contributed by atoms with Crippen LogP contribution in [0.1, 0.15) is 25.3 Å². The molecule has 0 fully saturated rings. The molecule has 0 saturated heterocycles. The van der Waals surface area contributed by atoms with Crippen LogP contribution in [0.4, 0.5) is 4.39 Å². The molecule has 0 radical (unpaired) electrons. The SMILES string of the molecule is CCC(=O)N(Cc1ccccc1F)[C@@H]1CC(C(=O)NCCO)=C[C@H](Oc2ccccc2I)[C@H]1O. The van der Waals surface area contributed by atoms with Crippen LogP contribution in [0, 0.1) is 9.39 Å². The van der Waals surface area contributed by atoms with E-state index in [1.165, 1.54) is 11.0 Å². The number of carbonyl (C=O) groups excluding carboxylic acids is 2. The zero-order valence-electron chi connectivity index (χ0n) is 18.8. The first-order valence-corrected chi connectivity index (χ1v) is 12.2. The van der Waals surface area contributed by atoms with Crippen LogP contribution in [0.5, 0.6) is 5.75 Å². The maximum atomic E-state index is 14.4. The molecule has 2 aromatic carbocycles.